The minimum Gasteiger partial charge on any atom is -0.462 e. The van der Waals surface area contributed by atoms with Crippen LogP contribution in [0.2, 0.25) is 0 Å². The average Bonchev–Trinajstić information content (AvgIpc) is 3.23. The van der Waals surface area contributed by atoms with Gasteiger partial charge in [0.1, 0.15) is 13.2 Å². The van der Waals surface area contributed by atoms with Gasteiger partial charge in [0.05, 0.1) is 0 Å². The van der Waals surface area contributed by atoms with Gasteiger partial charge in [-0.1, -0.05) is 187 Å². The van der Waals surface area contributed by atoms with Gasteiger partial charge in [-0.3, -0.25) is 14.4 Å². The van der Waals surface area contributed by atoms with Gasteiger partial charge in [-0.15, -0.1) is 0 Å². The van der Waals surface area contributed by atoms with Crippen LogP contribution in [0.25, 0.3) is 0 Å². The maximum Gasteiger partial charge on any atom is 0.306 e. The normalized spacial score (nSPS) is 13.2. The SMILES string of the molecule is CC/C=C/C=C/C=C/C=C/C=C/CCCC(=O)OCC(COC(=O)CCCCCC/C=C/C/C=C/C/C=C/CC)OC(=O)CCCCCCCCC/C=C/C/C=C/CC. The fourth-order valence-electron chi connectivity index (χ4n) is 5.70. The molecule has 6 nitrogen and oxygen atoms in total. The first-order valence-electron chi connectivity index (χ1n) is 23.1. The molecule has 0 aromatic carbocycles. The standard InChI is InChI=1S/C53H82O6/c1-4-7-10-13-16-19-22-25-28-31-34-37-40-43-46-52(55)58-49-50(48-57-51(54)45-42-39-36-33-30-27-24-21-18-15-12-9-6-3)59-53(56)47-44-41-38-35-32-29-26-23-20-17-14-11-8-5-2/h7-12,15-21,24-25,27-28,30,33,36,50H,4-6,13-14,22-23,26,29,31-32,34-35,37-49H2,1-3H3/b10-7+,11-8+,12-9+,18-15+,19-16+,20-17+,24-21+,28-25+,30-27+,36-33+. The number of hydrogen-bond acceptors (Lipinski definition) is 6. The minimum atomic E-state index is -0.822. The second-order valence-corrected chi connectivity index (χ2v) is 14.6. The zero-order chi connectivity index (χ0) is 43.0. The summed E-state index contributed by atoms with van der Waals surface area (Å²) in [5.74, 6) is -1.04. The number of hydrogen-bond donors (Lipinski definition) is 0. The first-order valence-corrected chi connectivity index (χ1v) is 23.1. The molecule has 0 fully saturated rings. The monoisotopic (exact) mass is 815 g/mol. The summed E-state index contributed by atoms with van der Waals surface area (Å²) >= 11 is 0. The Morgan fingerprint density at radius 2 is 0.712 bits per heavy atom. The molecule has 0 aliphatic carbocycles. The molecule has 1 unspecified atom stereocenters. The number of rotatable bonds is 39. The van der Waals surface area contributed by atoms with Crippen molar-refractivity contribution in [3.63, 3.8) is 0 Å². The van der Waals surface area contributed by atoms with Gasteiger partial charge in [0, 0.05) is 19.3 Å². The molecule has 0 rings (SSSR count). The molecule has 0 saturated heterocycles. The molecule has 59 heavy (non-hydrogen) atoms. The minimum absolute atomic E-state index is 0.120. The van der Waals surface area contributed by atoms with Crippen molar-refractivity contribution in [3.8, 4) is 0 Å². The molecular weight excluding hydrogens is 733 g/mol. The fraction of sp³-hybridized carbons (Fsp3) is 0.566. The van der Waals surface area contributed by atoms with Gasteiger partial charge in [-0.25, -0.2) is 0 Å². The maximum atomic E-state index is 12.7. The Labute approximate surface area is 361 Å². The lowest BCUT2D eigenvalue weighted by Crippen LogP contribution is -2.30. The highest BCUT2D eigenvalue weighted by Crippen LogP contribution is 2.12. The Bertz CT molecular complexity index is 1300. The van der Waals surface area contributed by atoms with Gasteiger partial charge in [-0.2, -0.15) is 0 Å². The van der Waals surface area contributed by atoms with Crippen LogP contribution in [0, 0.1) is 0 Å². The van der Waals surface area contributed by atoms with Gasteiger partial charge in [0.2, 0.25) is 0 Å². The maximum absolute atomic E-state index is 12.7. The van der Waals surface area contributed by atoms with Crippen molar-refractivity contribution in [2.45, 2.75) is 181 Å². The van der Waals surface area contributed by atoms with Crippen LogP contribution in [-0.2, 0) is 28.6 Å². The zero-order valence-corrected chi connectivity index (χ0v) is 37.5. The molecule has 0 radical (unpaired) electrons. The van der Waals surface area contributed by atoms with E-state index in [1.165, 1.54) is 19.3 Å². The second kappa shape index (κ2) is 46.5. The van der Waals surface area contributed by atoms with E-state index >= 15 is 0 Å². The Balaban J connectivity index is 4.57. The van der Waals surface area contributed by atoms with Crippen molar-refractivity contribution in [3.05, 3.63) is 122 Å². The van der Waals surface area contributed by atoms with Crippen LogP contribution < -0.4 is 0 Å². The van der Waals surface area contributed by atoms with E-state index in [0.717, 1.165) is 109 Å². The lowest BCUT2D eigenvalue weighted by Gasteiger charge is -2.18. The zero-order valence-electron chi connectivity index (χ0n) is 37.5. The summed E-state index contributed by atoms with van der Waals surface area (Å²) in [7, 11) is 0. The van der Waals surface area contributed by atoms with Crippen LogP contribution in [-0.4, -0.2) is 37.2 Å². The molecule has 0 aromatic rings. The number of carbonyl (C=O) groups excluding carboxylic acids is 3. The molecular formula is C53H82O6. The van der Waals surface area contributed by atoms with Crippen molar-refractivity contribution in [2.75, 3.05) is 13.2 Å². The lowest BCUT2D eigenvalue weighted by molar-refractivity contribution is -0.167. The first-order chi connectivity index (χ1) is 29.0. The van der Waals surface area contributed by atoms with Gasteiger partial charge in [0.15, 0.2) is 6.10 Å². The molecule has 0 heterocycles. The number of unbranched alkanes of at least 4 members (excludes halogenated alkanes) is 12. The van der Waals surface area contributed by atoms with Crippen molar-refractivity contribution >= 4 is 17.9 Å². The second-order valence-electron chi connectivity index (χ2n) is 14.6. The Kier molecular flexibility index (Phi) is 43.2. The average molecular weight is 815 g/mol. The van der Waals surface area contributed by atoms with Crippen LogP contribution in [0.3, 0.4) is 0 Å². The van der Waals surface area contributed by atoms with Gasteiger partial charge < -0.3 is 14.2 Å². The summed E-state index contributed by atoms with van der Waals surface area (Å²) in [6.45, 7) is 6.15. The number of allylic oxidation sites excluding steroid dienone is 20. The predicted molar refractivity (Wildman–Crippen MR) is 251 cm³/mol. The number of ether oxygens (including phenoxy) is 3. The van der Waals surface area contributed by atoms with E-state index in [9.17, 15) is 14.4 Å². The lowest BCUT2D eigenvalue weighted by atomic mass is 10.1. The highest BCUT2D eigenvalue weighted by molar-refractivity contribution is 5.71. The van der Waals surface area contributed by atoms with E-state index in [1.807, 2.05) is 54.7 Å². The van der Waals surface area contributed by atoms with E-state index in [4.69, 9.17) is 14.2 Å². The fourth-order valence-corrected chi connectivity index (χ4v) is 5.70. The summed E-state index contributed by atoms with van der Waals surface area (Å²) in [5, 5.41) is 0. The summed E-state index contributed by atoms with van der Waals surface area (Å²) in [4.78, 5) is 37.8. The van der Waals surface area contributed by atoms with E-state index < -0.39 is 6.10 Å². The van der Waals surface area contributed by atoms with Crippen LogP contribution in [0.1, 0.15) is 175 Å². The van der Waals surface area contributed by atoms with Crippen molar-refractivity contribution in [2.24, 2.45) is 0 Å². The van der Waals surface area contributed by atoms with Gasteiger partial charge in [-0.05, 0) is 89.9 Å². The number of esters is 3. The van der Waals surface area contributed by atoms with Crippen LogP contribution in [0.15, 0.2) is 122 Å². The van der Waals surface area contributed by atoms with Gasteiger partial charge in [0.25, 0.3) is 0 Å². The topological polar surface area (TPSA) is 78.9 Å². The molecule has 0 spiro atoms. The molecule has 0 aliphatic rings. The van der Waals surface area contributed by atoms with Crippen LogP contribution in [0.5, 0.6) is 0 Å². The van der Waals surface area contributed by atoms with Crippen LogP contribution in [0.4, 0.5) is 0 Å². The highest BCUT2D eigenvalue weighted by atomic mass is 16.6. The highest BCUT2D eigenvalue weighted by Gasteiger charge is 2.19. The first kappa shape index (κ1) is 54.8. The van der Waals surface area contributed by atoms with E-state index in [2.05, 4.69) is 87.6 Å². The molecule has 0 aromatic heterocycles. The molecule has 0 saturated carbocycles. The van der Waals surface area contributed by atoms with Crippen LogP contribution >= 0.6 is 0 Å². The smallest absolute Gasteiger partial charge is 0.306 e. The van der Waals surface area contributed by atoms with Crippen molar-refractivity contribution in [1.82, 2.24) is 0 Å². The van der Waals surface area contributed by atoms with E-state index in [-0.39, 0.29) is 37.5 Å². The third-order valence-electron chi connectivity index (χ3n) is 9.07. The van der Waals surface area contributed by atoms with Gasteiger partial charge >= 0.3 is 17.9 Å². The quantitative estimate of drug-likeness (QED) is 0.0202. The molecule has 330 valence electrons. The molecule has 1 atom stereocenters. The third-order valence-corrected chi connectivity index (χ3v) is 9.07. The molecule has 0 bridgehead atoms. The van der Waals surface area contributed by atoms with Crippen molar-refractivity contribution in [1.29, 1.82) is 0 Å². The van der Waals surface area contributed by atoms with E-state index in [0.29, 0.717) is 19.3 Å². The third kappa shape index (κ3) is 44.8. The summed E-state index contributed by atoms with van der Waals surface area (Å²) < 4.78 is 16.6. The number of carbonyl (C=O) groups is 3. The molecule has 0 amide bonds. The van der Waals surface area contributed by atoms with Crippen molar-refractivity contribution < 1.29 is 28.6 Å². The summed E-state index contributed by atoms with van der Waals surface area (Å²) in [6, 6.07) is 0. The Morgan fingerprint density at radius 3 is 1.20 bits per heavy atom. The predicted octanol–water partition coefficient (Wildman–Crippen LogP) is 15.0. The largest absolute Gasteiger partial charge is 0.462 e. The molecule has 0 aliphatic heterocycles. The molecule has 6 heteroatoms. The molecule has 0 N–H and O–H groups in total. The van der Waals surface area contributed by atoms with E-state index in [1.54, 1.807) is 0 Å². The Morgan fingerprint density at radius 1 is 0.356 bits per heavy atom. The summed E-state index contributed by atoms with van der Waals surface area (Å²) in [5.41, 5.74) is 0. The summed E-state index contributed by atoms with van der Waals surface area (Å²) in [6.07, 6.45) is 63.3. The Hall–Kier alpha value is -4.19.